The van der Waals surface area contributed by atoms with Gasteiger partial charge in [0.1, 0.15) is 19.3 Å². The standard InChI is InChI=1S/C77H150O17P2/c1-9-69(7)55-47-39-30-23-19-15-11-13-17-21-25-33-43-51-59-76(81)93-72(63-87-74(79)57-49-41-32-28-27-29-37-45-53-67(3)4)65-91-95(83,84)89-61-71(78)62-90-96(85,86)92-66-73(64-88-75(80)58-50-42-36-35-38-46-54-68(5)6)94-77(82)60-52-44-34-26-22-18-14-12-16-20-24-31-40-48-56-70(8)10-2/h67-73,78H,9-66H2,1-8H3,(H,83,84)(H,85,86)/t69?,70?,71-,72-,73-/m1/s1. The van der Waals surface area contributed by atoms with Gasteiger partial charge in [0, 0.05) is 25.7 Å². The van der Waals surface area contributed by atoms with Gasteiger partial charge >= 0.3 is 39.5 Å². The third-order valence-corrected chi connectivity index (χ3v) is 20.4. The van der Waals surface area contributed by atoms with Gasteiger partial charge < -0.3 is 33.8 Å². The van der Waals surface area contributed by atoms with E-state index in [1.165, 1.54) is 186 Å². The van der Waals surface area contributed by atoms with E-state index >= 15 is 0 Å². The van der Waals surface area contributed by atoms with Crippen LogP contribution < -0.4 is 0 Å². The lowest BCUT2D eigenvalue weighted by atomic mass is 9.99. The van der Waals surface area contributed by atoms with Crippen molar-refractivity contribution in [2.24, 2.45) is 23.7 Å². The average molecular weight is 1410 g/mol. The first-order valence-electron chi connectivity index (χ1n) is 39.8. The third-order valence-electron chi connectivity index (χ3n) is 18.5. The highest BCUT2D eigenvalue weighted by Crippen LogP contribution is 2.45. The summed E-state index contributed by atoms with van der Waals surface area (Å²) in [6, 6.07) is 0. The van der Waals surface area contributed by atoms with Crippen LogP contribution in [0.4, 0.5) is 0 Å². The van der Waals surface area contributed by atoms with Crippen molar-refractivity contribution >= 4 is 39.5 Å². The lowest BCUT2D eigenvalue weighted by molar-refractivity contribution is -0.161. The molecule has 0 fully saturated rings. The van der Waals surface area contributed by atoms with Gasteiger partial charge in [0.2, 0.25) is 0 Å². The normalized spacial score (nSPS) is 14.7. The summed E-state index contributed by atoms with van der Waals surface area (Å²) in [6.45, 7) is 14.2. The number of rotatable bonds is 74. The van der Waals surface area contributed by atoms with Crippen LogP contribution in [0, 0.1) is 23.7 Å². The molecular weight excluding hydrogens is 1260 g/mol. The molecule has 0 radical (unpaired) electrons. The van der Waals surface area contributed by atoms with Gasteiger partial charge in [-0.2, -0.15) is 0 Å². The Morgan fingerprint density at radius 3 is 0.740 bits per heavy atom. The molecule has 0 aromatic rings. The number of carbonyl (C=O) groups excluding carboxylic acids is 4. The Bertz CT molecular complexity index is 1890. The van der Waals surface area contributed by atoms with Crippen LogP contribution in [0.1, 0.15) is 389 Å². The van der Waals surface area contributed by atoms with Crippen LogP contribution >= 0.6 is 15.6 Å². The van der Waals surface area contributed by atoms with Crippen molar-refractivity contribution < 1.29 is 80.2 Å². The summed E-state index contributed by atoms with van der Waals surface area (Å²) in [7, 11) is -9.91. The monoisotopic (exact) mass is 1410 g/mol. The van der Waals surface area contributed by atoms with Crippen molar-refractivity contribution in [3.05, 3.63) is 0 Å². The number of ether oxygens (including phenoxy) is 4. The molecule has 0 heterocycles. The summed E-state index contributed by atoms with van der Waals surface area (Å²) in [5.74, 6) is 0.975. The van der Waals surface area contributed by atoms with Gasteiger partial charge in [0.05, 0.1) is 26.4 Å². The van der Waals surface area contributed by atoms with Crippen LogP contribution in [0.5, 0.6) is 0 Å². The number of phosphoric acid groups is 2. The molecule has 0 saturated heterocycles. The number of esters is 4. The Hall–Kier alpha value is -1.94. The minimum absolute atomic E-state index is 0.106. The molecule has 0 aliphatic rings. The predicted molar refractivity (Wildman–Crippen MR) is 391 cm³/mol. The molecule has 7 atom stereocenters. The van der Waals surface area contributed by atoms with Gasteiger partial charge in [-0.15, -0.1) is 0 Å². The van der Waals surface area contributed by atoms with Crippen molar-refractivity contribution in [2.75, 3.05) is 39.6 Å². The van der Waals surface area contributed by atoms with Gasteiger partial charge in [-0.05, 0) is 49.4 Å². The van der Waals surface area contributed by atoms with Crippen molar-refractivity contribution in [1.82, 2.24) is 0 Å². The second-order valence-electron chi connectivity index (χ2n) is 29.2. The lowest BCUT2D eigenvalue weighted by Crippen LogP contribution is -2.30. The quantitative estimate of drug-likeness (QED) is 0.0222. The largest absolute Gasteiger partial charge is 0.472 e. The maximum atomic E-state index is 13.1. The Morgan fingerprint density at radius 2 is 0.500 bits per heavy atom. The highest BCUT2D eigenvalue weighted by molar-refractivity contribution is 7.47. The average Bonchev–Trinajstić information content (AvgIpc) is 1.70. The van der Waals surface area contributed by atoms with E-state index in [0.717, 1.165) is 114 Å². The zero-order valence-electron chi connectivity index (χ0n) is 63.0. The predicted octanol–water partition coefficient (Wildman–Crippen LogP) is 22.4. The van der Waals surface area contributed by atoms with Crippen LogP contribution in [-0.2, 0) is 65.4 Å². The minimum Gasteiger partial charge on any atom is -0.462 e. The van der Waals surface area contributed by atoms with Crippen molar-refractivity contribution in [1.29, 1.82) is 0 Å². The van der Waals surface area contributed by atoms with Crippen LogP contribution in [0.3, 0.4) is 0 Å². The maximum absolute atomic E-state index is 13.1. The molecule has 0 aromatic carbocycles. The van der Waals surface area contributed by atoms with E-state index in [2.05, 4.69) is 55.4 Å². The fraction of sp³-hybridized carbons (Fsp3) is 0.948. The number of unbranched alkanes of at least 4 members (excludes halogenated alkanes) is 38. The first-order chi connectivity index (χ1) is 46.2. The third kappa shape index (κ3) is 67.9. The Balaban J connectivity index is 5.20. The van der Waals surface area contributed by atoms with E-state index in [4.69, 9.17) is 37.0 Å². The molecule has 0 spiro atoms. The summed E-state index contributed by atoms with van der Waals surface area (Å²) >= 11 is 0. The fourth-order valence-electron chi connectivity index (χ4n) is 11.7. The molecule has 0 rings (SSSR count). The topological polar surface area (TPSA) is 237 Å². The highest BCUT2D eigenvalue weighted by atomic mass is 31.2. The van der Waals surface area contributed by atoms with Gasteiger partial charge in [-0.1, -0.05) is 338 Å². The van der Waals surface area contributed by atoms with Crippen molar-refractivity contribution in [2.45, 2.75) is 408 Å². The summed E-state index contributed by atoms with van der Waals surface area (Å²) in [5.41, 5.74) is 0. The van der Waals surface area contributed by atoms with Crippen molar-refractivity contribution in [3.63, 3.8) is 0 Å². The lowest BCUT2D eigenvalue weighted by Gasteiger charge is -2.21. The van der Waals surface area contributed by atoms with Gasteiger partial charge in [-0.25, -0.2) is 9.13 Å². The molecule has 0 saturated carbocycles. The molecule has 0 bridgehead atoms. The van der Waals surface area contributed by atoms with Crippen LogP contribution in [-0.4, -0.2) is 96.7 Å². The molecule has 19 heteroatoms. The molecule has 570 valence electrons. The molecule has 3 N–H and O–H groups in total. The Labute approximate surface area is 588 Å². The summed E-state index contributed by atoms with van der Waals surface area (Å²) in [5, 5.41) is 10.6. The summed E-state index contributed by atoms with van der Waals surface area (Å²) in [6.07, 6.45) is 51.4. The Kier molecular flexibility index (Phi) is 65.0. The van der Waals surface area contributed by atoms with E-state index in [0.29, 0.717) is 31.6 Å². The molecule has 0 amide bonds. The van der Waals surface area contributed by atoms with Crippen LogP contribution in [0.2, 0.25) is 0 Å². The number of carbonyl (C=O) groups is 4. The molecule has 0 aliphatic heterocycles. The van der Waals surface area contributed by atoms with Crippen LogP contribution in [0.25, 0.3) is 0 Å². The second-order valence-corrected chi connectivity index (χ2v) is 32.1. The van der Waals surface area contributed by atoms with Gasteiger partial charge in [0.25, 0.3) is 0 Å². The number of hydrogen-bond donors (Lipinski definition) is 3. The first-order valence-corrected chi connectivity index (χ1v) is 42.8. The van der Waals surface area contributed by atoms with E-state index in [9.17, 15) is 43.2 Å². The number of hydrogen-bond acceptors (Lipinski definition) is 15. The number of aliphatic hydroxyl groups is 1. The van der Waals surface area contributed by atoms with E-state index < -0.39 is 97.5 Å². The SMILES string of the molecule is CCC(C)CCCCCCCCCCCCCCCCC(=O)O[C@H](COC(=O)CCCCCCCCCCC(C)C)COP(=O)(O)OC[C@@H](O)COP(=O)(O)OC[C@@H](COC(=O)CCCCCCCCC(C)C)OC(=O)CCCCCCCCCCCCCCCCC(C)CC. The molecule has 96 heavy (non-hydrogen) atoms. The van der Waals surface area contributed by atoms with Gasteiger partial charge in [-0.3, -0.25) is 37.3 Å². The summed E-state index contributed by atoms with van der Waals surface area (Å²) in [4.78, 5) is 72.8. The Morgan fingerprint density at radius 1 is 0.292 bits per heavy atom. The molecular formula is C77H150O17P2. The van der Waals surface area contributed by atoms with E-state index in [1.54, 1.807) is 0 Å². The van der Waals surface area contributed by atoms with E-state index in [-0.39, 0.29) is 25.7 Å². The zero-order chi connectivity index (χ0) is 71.0. The molecule has 17 nitrogen and oxygen atoms in total. The zero-order valence-corrected chi connectivity index (χ0v) is 64.8. The van der Waals surface area contributed by atoms with E-state index in [1.807, 2.05) is 0 Å². The van der Waals surface area contributed by atoms with Crippen LogP contribution in [0.15, 0.2) is 0 Å². The molecule has 4 unspecified atom stereocenters. The molecule has 0 aliphatic carbocycles. The molecule has 0 aromatic heterocycles. The maximum Gasteiger partial charge on any atom is 0.472 e. The number of aliphatic hydroxyl groups excluding tert-OH is 1. The smallest absolute Gasteiger partial charge is 0.462 e. The summed E-state index contributed by atoms with van der Waals surface area (Å²) < 4.78 is 68.5. The van der Waals surface area contributed by atoms with Crippen molar-refractivity contribution in [3.8, 4) is 0 Å². The second kappa shape index (κ2) is 66.3. The number of phosphoric ester groups is 2. The highest BCUT2D eigenvalue weighted by Gasteiger charge is 2.30. The minimum atomic E-state index is -4.96. The first kappa shape index (κ1) is 94.1. The fourth-order valence-corrected chi connectivity index (χ4v) is 13.2. The van der Waals surface area contributed by atoms with Gasteiger partial charge in [0.15, 0.2) is 12.2 Å².